The lowest BCUT2D eigenvalue weighted by molar-refractivity contribution is -0.165. The zero-order chi connectivity index (χ0) is 32.0. The van der Waals surface area contributed by atoms with Gasteiger partial charge in [0.1, 0.15) is 12.2 Å². The summed E-state index contributed by atoms with van der Waals surface area (Å²) in [5, 5.41) is 0. The van der Waals surface area contributed by atoms with Crippen LogP contribution in [0.15, 0.2) is 73.8 Å². The van der Waals surface area contributed by atoms with E-state index in [0.717, 1.165) is 28.3 Å². The first-order valence-corrected chi connectivity index (χ1v) is 14.2. The molecule has 42 heavy (non-hydrogen) atoms. The molecule has 1 atom stereocenters. The summed E-state index contributed by atoms with van der Waals surface area (Å²) in [5.74, 6) is -1.04. The lowest BCUT2D eigenvalue weighted by Gasteiger charge is -2.34. The summed E-state index contributed by atoms with van der Waals surface area (Å²) in [6.45, 7) is 25.0. The largest absolute Gasteiger partial charge is 0.456 e. The summed E-state index contributed by atoms with van der Waals surface area (Å²) < 4.78 is 23.1. The molecular weight excluding hydrogens is 530 g/mol. The van der Waals surface area contributed by atoms with Crippen molar-refractivity contribution >= 4 is 11.9 Å². The molecule has 0 fully saturated rings. The molecule has 0 spiro atoms. The van der Waals surface area contributed by atoms with Crippen LogP contribution in [-0.4, -0.2) is 36.5 Å². The number of nitrogens with two attached hydrogens (primary N) is 1. The standard InChI is InChI=1S/C35H49NO6/c1-12-29(37)41-31(3,4)20-21-39-33(7,8)27-18-14-16-25(22-27)32(5,6)26-17-15-19-28(23-26)34(9,10)40-24-35(11,36)42-30(38)13-2/h12-19,22-23H,1-2,20-21,24,36H2,3-11H3. The average molecular weight is 580 g/mol. The zero-order valence-corrected chi connectivity index (χ0v) is 26.8. The summed E-state index contributed by atoms with van der Waals surface area (Å²) in [6, 6.07) is 16.7. The van der Waals surface area contributed by atoms with Gasteiger partial charge in [0.2, 0.25) is 0 Å². The molecule has 0 saturated heterocycles. The van der Waals surface area contributed by atoms with Gasteiger partial charge in [0.15, 0.2) is 5.72 Å². The van der Waals surface area contributed by atoms with E-state index in [1.165, 1.54) is 6.08 Å². The van der Waals surface area contributed by atoms with E-state index in [1.807, 2.05) is 53.7 Å². The highest BCUT2D eigenvalue weighted by molar-refractivity contribution is 5.81. The first kappa shape index (κ1) is 34.9. The normalized spacial score (nSPS) is 14.0. The molecule has 2 rings (SSSR count). The van der Waals surface area contributed by atoms with Crippen molar-refractivity contribution in [2.24, 2.45) is 5.73 Å². The van der Waals surface area contributed by atoms with Crippen molar-refractivity contribution in [1.29, 1.82) is 0 Å². The number of carbonyl (C=O) groups excluding carboxylic acids is 2. The van der Waals surface area contributed by atoms with Crippen LogP contribution in [0.3, 0.4) is 0 Å². The van der Waals surface area contributed by atoms with Crippen LogP contribution >= 0.6 is 0 Å². The van der Waals surface area contributed by atoms with E-state index in [0.29, 0.717) is 13.0 Å². The highest BCUT2D eigenvalue weighted by Crippen LogP contribution is 2.37. The van der Waals surface area contributed by atoms with Crippen molar-refractivity contribution < 1.29 is 28.5 Å². The molecule has 7 heteroatoms. The average Bonchev–Trinajstić information content (AvgIpc) is 2.91. The third kappa shape index (κ3) is 9.65. The Bertz CT molecular complexity index is 1270. The second kappa shape index (κ2) is 13.4. The van der Waals surface area contributed by atoms with E-state index in [4.69, 9.17) is 24.7 Å². The van der Waals surface area contributed by atoms with E-state index in [9.17, 15) is 9.59 Å². The lowest BCUT2D eigenvalue weighted by atomic mass is 9.76. The summed E-state index contributed by atoms with van der Waals surface area (Å²) in [4.78, 5) is 23.3. The van der Waals surface area contributed by atoms with Crippen molar-refractivity contribution in [3.05, 3.63) is 96.1 Å². The number of esters is 2. The fourth-order valence-corrected chi connectivity index (χ4v) is 4.44. The van der Waals surface area contributed by atoms with Gasteiger partial charge in [-0.1, -0.05) is 75.5 Å². The molecule has 2 aromatic rings. The highest BCUT2D eigenvalue weighted by atomic mass is 16.6. The Morgan fingerprint density at radius 2 is 1.14 bits per heavy atom. The number of hydrogen-bond donors (Lipinski definition) is 1. The van der Waals surface area contributed by atoms with Crippen molar-refractivity contribution in [2.75, 3.05) is 13.2 Å². The van der Waals surface area contributed by atoms with E-state index in [2.05, 4.69) is 63.4 Å². The quantitative estimate of drug-likeness (QED) is 0.140. The van der Waals surface area contributed by atoms with Crippen LogP contribution in [0.4, 0.5) is 0 Å². The molecule has 0 amide bonds. The van der Waals surface area contributed by atoms with Gasteiger partial charge < -0.3 is 18.9 Å². The van der Waals surface area contributed by atoms with Gasteiger partial charge in [0.25, 0.3) is 0 Å². The fourth-order valence-electron chi connectivity index (χ4n) is 4.44. The third-order valence-electron chi connectivity index (χ3n) is 7.49. The fraction of sp³-hybridized carbons (Fsp3) is 0.486. The number of hydrogen-bond acceptors (Lipinski definition) is 7. The Hall–Kier alpha value is -3.26. The molecule has 0 aliphatic heterocycles. The van der Waals surface area contributed by atoms with Crippen LogP contribution in [-0.2, 0) is 45.2 Å². The van der Waals surface area contributed by atoms with Crippen LogP contribution < -0.4 is 5.73 Å². The minimum Gasteiger partial charge on any atom is -0.456 e. The maximum absolute atomic E-state index is 11.6. The molecule has 2 N–H and O–H groups in total. The minimum absolute atomic E-state index is 0.0121. The molecule has 1 unspecified atom stereocenters. The molecule has 0 bridgehead atoms. The van der Waals surface area contributed by atoms with Crippen LogP contribution in [0.5, 0.6) is 0 Å². The van der Waals surface area contributed by atoms with Gasteiger partial charge in [0.05, 0.1) is 17.8 Å². The Morgan fingerprint density at radius 3 is 1.62 bits per heavy atom. The number of benzene rings is 2. The SMILES string of the molecule is C=CC(=O)OC(C)(C)CCOC(C)(C)c1cccc(C(C)(C)c2cccc(C(C)(C)OCC(C)(N)OC(=O)C=C)c2)c1. The predicted molar refractivity (Wildman–Crippen MR) is 167 cm³/mol. The minimum atomic E-state index is -1.29. The number of ether oxygens (including phenoxy) is 4. The van der Waals surface area contributed by atoms with E-state index < -0.39 is 34.5 Å². The highest BCUT2D eigenvalue weighted by Gasteiger charge is 2.32. The molecular formula is C35H49NO6. The molecule has 0 aliphatic rings. The Morgan fingerprint density at radius 1 is 0.714 bits per heavy atom. The molecule has 230 valence electrons. The third-order valence-corrected chi connectivity index (χ3v) is 7.49. The van der Waals surface area contributed by atoms with Gasteiger partial charge in [-0.05, 0) is 70.7 Å². The lowest BCUT2D eigenvalue weighted by Crippen LogP contribution is -2.47. The van der Waals surface area contributed by atoms with Crippen LogP contribution in [0.1, 0.15) is 91.0 Å². The maximum atomic E-state index is 11.6. The summed E-state index contributed by atoms with van der Waals surface area (Å²) in [6.07, 6.45) is 2.80. The predicted octanol–water partition coefficient (Wildman–Crippen LogP) is 6.82. The molecule has 0 radical (unpaired) electrons. The second-order valence-electron chi connectivity index (χ2n) is 13.0. The van der Waals surface area contributed by atoms with Gasteiger partial charge >= 0.3 is 11.9 Å². The summed E-state index contributed by atoms with van der Waals surface area (Å²) in [7, 11) is 0. The number of rotatable bonds is 15. The molecule has 7 nitrogen and oxygen atoms in total. The van der Waals surface area contributed by atoms with Crippen LogP contribution in [0.25, 0.3) is 0 Å². The van der Waals surface area contributed by atoms with E-state index in [-0.39, 0.29) is 12.0 Å². The maximum Gasteiger partial charge on any atom is 0.331 e. The first-order valence-electron chi connectivity index (χ1n) is 14.2. The van der Waals surface area contributed by atoms with Crippen molar-refractivity contribution in [3.63, 3.8) is 0 Å². The molecule has 0 heterocycles. The first-order chi connectivity index (χ1) is 19.2. The van der Waals surface area contributed by atoms with Crippen molar-refractivity contribution in [1.82, 2.24) is 0 Å². The van der Waals surface area contributed by atoms with Crippen molar-refractivity contribution in [3.8, 4) is 0 Å². The Balaban J connectivity index is 2.23. The van der Waals surface area contributed by atoms with Gasteiger partial charge in [0, 0.05) is 24.0 Å². The van der Waals surface area contributed by atoms with Crippen molar-refractivity contribution in [2.45, 2.75) is 96.7 Å². The summed E-state index contributed by atoms with van der Waals surface area (Å²) >= 11 is 0. The molecule has 0 saturated carbocycles. The second-order valence-corrected chi connectivity index (χ2v) is 13.0. The molecule has 0 aliphatic carbocycles. The van der Waals surface area contributed by atoms with Crippen LogP contribution in [0.2, 0.25) is 0 Å². The van der Waals surface area contributed by atoms with Gasteiger partial charge in [-0.15, -0.1) is 0 Å². The molecule has 2 aromatic carbocycles. The zero-order valence-electron chi connectivity index (χ0n) is 26.8. The summed E-state index contributed by atoms with van der Waals surface area (Å²) in [5.41, 5.74) is 6.86. The molecule has 0 aromatic heterocycles. The van der Waals surface area contributed by atoms with Gasteiger partial charge in [-0.3, -0.25) is 5.73 Å². The van der Waals surface area contributed by atoms with Crippen LogP contribution in [0, 0.1) is 0 Å². The monoisotopic (exact) mass is 579 g/mol. The van der Waals surface area contributed by atoms with E-state index >= 15 is 0 Å². The number of carbonyl (C=O) groups is 2. The smallest absolute Gasteiger partial charge is 0.331 e. The Labute approximate surface area is 252 Å². The topological polar surface area (TPSA) is 97.1 Å². The van der Waals surface area contributed by atoms with Gasteiger partial charge in [-0.25, -0.2) is 9.59 Å². The Kier molecular flexibility index (Phi) is 11.1. The van der Waals surface area contributed by atoms with E-state index in [1.54, 1.807) is 6.92 Å². The van der Waals surface area contributed by atoms with Gasteiger partial charge in [-0.2, -0.15) is 0 Å².